The second kappa shape index (κ2) is 8.10. The number of carbonyl (C=O) groups excluding carboxylic acids is 1. The zero-order valence-electron chi connectivity index (χ0n) is 14.6. The Labute approximate surface area is 136 Å². The SMILES string of the molecule is CN(CC(=O)O)C(=O)OCOP(=O)(OC(C)(C)C)OC(C)(C)C. The van der Waals surface area contributed by atoms with Crippen molar-refractivity contribution in [1.29, 1.82) is 0 Å². The van der Waals surface area contributed by atoms with Gasteiger partial charge in [0, 0.05) is 7.05 Å². The Bertz CT molecular complexity index is 446. The third-order valence-electron chi connectivity index (χ3n) is 1.85. The van der Waals surface area contributed by atoms with Crippen LogP contribution in [0.25, 0.3) is 0 Å². The molecule has 0 atom stereocenters. The number of likely N-dealkylation sites (N-methyl/N-ethyl adjacent to an activating group) is 1. The lowest BCUT2D eigenvalue weighted by Gasteiger charge is -2.30. The van der Waals surface area contributed by atoms with Gasteiger partial charge in [-0.15, -0.1) is 0 Å². The largest absolute Gasteiger partial charge is 0.480 e. The van der Waals surface area contributed by atoms with E-state index in [1.54, 1.807) is 41.5 Å². The highest BCUT2D eigenvalue weighted by atomic mass is 31.2. The van der Waals surface area contributed by atoms with E-state index in [2.05, 4.69) is 0 Å². The van der Waals surface area contributed by atoms with Crippen LogP contribution >= 0.6 is 7.82 Å². The van der Waals surface area contributed by atoms with Crippen LogP contribution in [0.3, 0.4) is 0 Å². The summed E-state index contributed by atoms with van der Waals surface area (Å²) in [7, 11) is -2.75. The molecular formula is C13H26NO8P. The number of phosphoric ester groups is 1. The van der Waals surface area contributed by atoms with Crippen molar-refractivity contribution in [3.63, 3.8) is 0 Å². The predicted octanol–water partition coefficient (Wildman–Crippen LogP) is 2.85. The molecule has 0 unspecified atom stereocenters. The number of rotatable bonds is 7. The quantitative estimate of drug-likeness (QED) is 0.548. The van der Waals surface area contributed by atoms with Crippen molar-refractivity contribution in [2.24, 2.45) is 0 Å². The van der Waals surface area contributed by atoms with Crippen LogP contribution in [-0.4, -0.2) is 53.7 Å². The molecule has 0 aliphatic carbocycles. The van der Waals surface area contributed by atoms with Gasteiger partial charge in [-0.25, -0.2) is 13.9 Å². The minimum atomic E-state index is -3.99. The van der Waals surface area contributed by atoms with Gasteiger partial charge in [0.25, 0.3) is 0 Å². The van der Waals surface area contributed by atoms with Gasteiger partial charge in [-0.2, -0.15) is 0 Å². The van der Waals surface area contributed by atoms with Gasteiger partial charge in [0.15, 0.2) is 0 Å². The molecule has 23 heavy (non-hydrogen) atoms. The van der Waals surface area contributed by atoms with Crippen molar-refractivity contribution >= 4 is 19.9 Å². The summed E-state index contributed by atoms with van der Waals surface area (Å²) in [5.41, 5.74) is -1.63. The first-order valence-corrected chi connectivity index (χ1v) is 8.35. The molecule has 0 radical (unpaired) electrons. The minimum absolute atomic E-state index is 0.534. The second-order valence-corrected chi connectivity index (χ2v) is 8.28. The molecule has 0 spiro atoms. The number of phosphoric acid groups is 1. The summed E-state index contributed by atoms with van der Waals surface area (Å²) in [6, 6.07) is 0. The summed E-state index contributed by atoms with van der Waals surface area (Å²) < 4.78 is 32.9. The molecule has 0 heterocycles. The molecule has 0 aromatic rings. The van der Waals surface area contributed by atoms with Crippen LogP contribution in [0, 0.1) is 0 Å². The van der Waals surface area contributed by atoms with E-state index in [1.807, 2.05) is 0 Å². The number of amides is 1. The van der Waals surface area contributed by atoms with Crippen molar-refractivity contribution in [2.75, 3.05) is 20.4 Å². The van der Waals surface area contributed by atoms with Crippen LogP contribution in [-0.2, 0) is 27.7 Å². The fourth-order valence-corrected chi connectivity index (χ4v) is 2.93. The van der Waals surface area contributed by atoms with Crippen molar-refractivity contribution in [3.8, 4) is 0 Å². The van der Waals surface area contributed by atoms with Gasteiger partial charge in [-0.1, -0.05) is 0 Å². The minimum Gasteiger partial charge on any atom is -0.480 e. The number of hydrogen-bond donors (Lipinski definition) is 1. The third-order valence-corrected chi connectivity index (χ3v) is 3.81. The Morgan fingerprint density at radius 1 is 1.04 bits per heavy atom. The van der Waals surface area contributed by atoms with Crippen LogP contribution in [0.2, 0.25) is 0 Å². The van der Waals surface area contributed by atoms with Gasteiger partial charge in [0.2, 0.25) is 6.79 Å². The maximum absolute atomic E-state index is 12.6. The molecule has 10 heteroatoms. The topological polar surface area (TPSA) is 112 Å². The van der Waals surface area contributed by atoms with Crippen molar-refractivity contribution in [1.82, 2.24) is 4.90 Å². The smallest absolute Gasteiger partial charge is 0.478 e. The number of carbonyl (C=O) groups is 2. The summed E-state index contributed by atoms with van der Waals surface area (Å²) in [6.07, 6.45) is -0.939. The summed E-state index contributed by atoms with van der Waals surface area (Å²) in [5, 5.41) is 8.58. The van der Waals surface area contributed by atoms with Gasteiger partial charge < -0.3 is 14.7 Å². The first kappa shape index (κ1) is 21.9. The molecule has 0 aromatic carbocycles. The van der Waals surface area contributed by atoms with Gasteiger partial charge in [-0.3, -0.25) is 13.8 Å². The Morgan fingerprint density at radius 2 is 1.48 bits per heavy atom. The van der Waals surface area contributed by atoms with E-state index in [9.17, 15) is 14.2 Å². The van der Waals surface area contributed by atoms with E-state index in [-0.39, 0.29) is 0 Å². The average molecular weight is 355 g/mol. The maximum Gasteiger partial charge on any atom is 0.478 e. The first-order chi connectivity index (χ1) is 10.1. The number of hydrogen-bond acceptors (Lipinski definition) is 7. The molecule has 0 aliphatic heterocycles. The molecule has 0 rings (SSSR count). The molecule has 0 aliphatic rings. The summed E-state index contributed by atoms with van der Waals surface area (Å²) >= 11 is 0. The molecule has 0 bridgehead atoms. The number of carboxylic acid groups (broad SMARTS) is 1. The number of aliphatic carboxylic acids is 1. The maximum atomic E-state index is 12.6. The van der Waals surface area contributed by atoms with E-state index in [1.165, 1.54) is 7.05 Å². The Morgan fingerprint density at radius 3 is 1.83 bits per heavy atom. The summed E-state index contributed by atoms with van der Waals surface area (Å²) in [5.74, 6) is -1.19. The van der Waals surface area contributed by atoms with Gasteiger partial charge in [0.1, 0.15) is 6.54 Å². The van der Waals surface area contributed by atoms with Gasteiger partial charge in [0.05, 0.1) is 11.2 Å². The van der Waals surface area contributed by atoms with Crippen LogP contribution in [0.15, 0.2) is 0 Å². The van der Waals surface area contributed by atoms with E-state index < -0.39 is 44.4 Å². The highest BCUT2D eigenvalue weighted by Crippen LogP contribution is 2.55. The van der Waals surface area contributed by atoms with Crippen molar-refractivity contribution < 1.29 is 37.6 Å². The number of carboxylic acids is 1. The lowest BCUT2D eigenvalue weighted by Crippen LogP contribution is -2.33. The molecule has 1 N–H and O–H groups in total. The summed E-state index contributed by atoms with van der Waals surface area (Å²) in [6.45, 7) is 8.77. The summed E-state index contributed by atoms with van der Waals surface area (Å²) in [4.78, 5) is 22.8. The van der Waals surface area contributed by atoms with Crippen LogP contribution in [0.1, 0.15) is 41.5 Å². The van der Waals surface area contributed by atoms with E-state index in [0.29, 0.717) is 0 Å². The third kappa shape index (κ3) is 11.1. The Kier molecular flexibility index (Phi) is 7.69. The fourth-order valence-electron chi connectivity index (χ4n) is 1.26. The Balaban J connectivity index is 4.71. The molecule has 1 amide bonds. The van der Waals surface area contributed by atoms with Crippen LogP contribution < -0.4 is 0 Å². The molecule has 0 saturated carbocycles. The fraction of sp³-hybridized carbons (Fsp3) is 0.846. The van der Waals surface area contributed by atoms with Gasteiger partial charge >= 0.3 is 19.9 Å². The highest BCUT2D eigenvalue weighted by molar-refractivity contribution is 7.48. The van der Waals surface area contributed by atoms with E-state index in [4.69, 9.17) is 23.4 Å². The van der Waals surface area contributed by atoms with Gasteiger partial charge in [-0.05, 0) is 41.5 Å². The van der Waals surface area contributed by atoms with E-state index in [0.717, 1.165) is 4.90 Å². The molecule has 136 valence electrons. The number of nitrogens with zero attached hydrogens (tertiary/aromatic N) is 1. The van der Waals surface area contributed by atoms with E-state index >= 15 is 0 Å². The molecular weight excluding hydrogens is 329 g/mol. The highest BCUT2D eigenvalue weighted by Gasteiger charge is 2.37. The van der Waals surface area contributed by atoms with Crippen LogP contribution in [0.4, 0.5) is 4.79 Å². The van der Waals surface area contributed by atoms with Crippen molar-refractivity contribution in [3.05, 3.63) is 0 Å². The molecule has 0 saturated heterocycles. The normalized spacial score (nSPS) is 12.8. The lowest BCUT2D eigenvalue weighted by atomic mass is 10.2. The average Bonchev–Trinajstić information content (AvgIpc) is 2.21. The zero-order chi connectivity index (χ0) is 18.5. The standard InChI is InChI=1S/C13H26NO8P/c1-12(2,3)21-23(18,22-13(4,5)6)20-9-19-11(17)14(7)8-10(15)16/h8-9H2,1-7H3,(H,15,16). The second-order valence-electron chi connectivity index (χ2n) is 6.76. The molecule has 0 aromatic heterocycles. The monoisotopic (exact) mass is 355 g/mol. The first-order valence-electron chi connectivity index (χ1n) is 6.89. The lowest BCUT2D eigenvalue weighted by molar-refractivity contribution is -0.137. The molecule has 9 nitrogen and oxygen atoms in total. The zero-order valence-corrected chi connectivity index (χ0v) is 15.5. The molecule has 0 fully saturated rings. The van der Waals surface area contributed by atoms with Crippen LogP contribution in [0.5, 0.6) is 0 Å². The predicted molar refractivity (Wildman–Crippen MR) is 82.0 cm³/mol. The Hall–Kier alpha value is -1.15. The van der Waals surface area contributed by atoms with Crippen molar-refractivity contribution in [2.45, 2.75) is 52.7 Å². The number of ether oxygens (including phenoxy) is 1.